The van der Waals surface area contributed by atoms with Crippen LogP contribution in [0.4, 0.5) is 0 Å². The summed E-state index contributed by atoms with van der Waals surface area (Å²) in [6.45, 7) is 8.96. The average Bonchev–Trinajstić information content (AvgIpc) is 2.81. The number of likely N-dealkylation sites (N-methyl/N-ethyl adjacent to an activating group) is 5. The second-order valence-electron chi connectivity index (χ2n) is 8.71. The first-order chi connectivity index (χ1) is 15.4. The molecule has 12 nitrogen and oxygen atoms in total. The van der Waals surface area contributed by atoms with E-state index in [0.717, 1.165) is 4.90 Å². The lowest BCUT2D eigenvalue weighted by molar-refractivity contribution is -0.153. The molecule has 0 saturated carbocycles. The van der Waals surface area contributed by atoms with Crippen molar-refractivity contribution >= 4 is 35.4 Å². The highest BCUT2D eigenvalue weighted by molar-refractivity contribution is 5.95. The number of nitrogens with two attached hydrogens (primary N) is 1. The van der Waals surface area contributed by atoms with Gasteiger partial charge in [-0.2, -0.15) is 0 Å². The smallest absolute Gasteiger partial charge is 0.245 e. The van der Waals surface area contributed by atoms with E-state index in [2.05, 4.69) is 0 Å². The molecular weight excluding hydrogens is 444 g/mol. The molecule has 0 aliphatic rings. The number of hydrogen-bond acceptors (Lipinski definition) is 6. The van der Waals surface area contributed by atoms with Crippen LogP contribution < -0.4 is 5.73 Å². The summed E-state index contributed by atoms with van der Waals surface area (Å²) in [5, 5.41) is 0. The van der Waals surface area contributed by atoms with E-state index in [0.29, 0.717) is 0 Å². The molecular formula is C22H40N6O6. The first kappa shape index (κ1) is 30.8. The lowest BCUT2D eigenvalue weighted by Gasteiger charge is -2.36. The second kappa shape index (κ2) is 12.3. The van der Waals surface area contributed by atoms with Gasteiger partial charge in [0.15, 0.2) is 0 Å². The molecule has 0 radical (unpaired) electrons. The Kier molecular flexibility index (Phi) is 11.2. The molecule has 0 heterocycles. The van der Waals surface area contributed by atoms with Gasteiger partial charge in [-0.1, -0.05) is 0 Å². The lowest BCUT2D eigenvalue weighted by Crippen LogP contribution is -2.57. The standard InChI is InChI=1S/C22H40N6O6/c1-12(18(23)30)25(8)20(32)14(3)27(10)22(34)16(5)28(11)21(33)15(4)26(9)19(31)13(2)24(7)17(6)29/h12-16H,1-11H3,(H2,23,30)/t12-,13-,14-,15-,16-/m0/s1. The molecule has 0 saturated heterocycles. The van der Waals surface area contributed by atoms with E-state index in [1.165, 1.54) is 89.5 Å². The number of rotatable bonds is 10. The predicted molar refractivity (Wildman–Crippen MR) is 126 cm³/mol. The first-order valence-corrected chi connectivity index (χ1v) is 11.0. The van der Waals surface area contributed by atoms with Crippen LogP contribution in [-0.4, -0.2) is 125 Å². The van der Waals surface area contributed by atoms with Crippen molar-refractivity contribution in [1.82, 2.24) is 24.5 Å². The molecule has 0 fully saturated rings. The summed E-state index contributed by atoms with van der Waals surface area (Å²) in [6.07, 6.45) is 0. The summed E-state index contributed by atoms with van der Waals surface area (Å²) in [5.41, 5.74) is 5.25. The van der Waals surface area contributed by atoms with E-state index in [-0.39, 0.29) is 5.91 Å². The van der Waals surface area contributed by atoms with Crippen molar-refractivity contribution in [2.24, 2.45) is 5.73 Å². The Bertz CT molecular complexity index is 752. The van der Waals surface area contributed by atoms with Crippen molar-refractivity contribution in [2.75, 3.05) is 35.2 Å². The molecule has 0 aromatic rings. The van der Waals surface area contributed by atoms with Gasteiger partial charge in [0.2, 0.25) is 35.4 Å². The lowest BCUT2D eigenvalue weighted by atomic mass is 10.1. The number of carbonyl (C=O) groups excluding carboxylic acids is 6. The Balaban J connectivity index is 5.39. The topological polar surface area (TPSA) is 145 Å². The fourth-order valence-electron chi connectivity index (χ4n) is 3.07. The maximum Gasteiger partial charge on any atom is 0.245 e. The van der Waals surface area contributed by atoms with Gasteiger partial charge in [0.05, 0.1) is 0 Å². The third-order valence-corrected chi connectivity index (χ3v) is 6.63. The largest absolute Gasteiger partial charge is 0.368 e. The molecule has 0 rings (SSSR count). The summed E-state index contributed by atoms with van der Waals surface area (Å²) < 4.78 is 0. The molecule has 0 spiro atoms. The first-order valence-electron chi connectivity index (χ1n) is 11.0. The van der Waals surface area contributed by atoms with Crippen molar-refractivity contribution in [2.45, 2.75) is 71.8 Å². The Morgan fingerprint density at radius 3 is 0.882 bits per heavy atom. The van der Waals surface area contributed by atoms with Crippen LogP contribution in [0.5, 0.6) is 0 Å². The van der Waals surface area contributed by atoms with Gasteiger partial charge < -0.3 is 30.2 Å². The quantitative estimate of drug-likeness (QED) is 0.409. The fraction of sp³-hybridized carbons (Fsp3) is 0.727. The highest BCUT2D eigenvalue weighted by atomic mass is 16.2. The third kappa shape index (κ3) is 6.91. The normalized spacial score (nSPS) is 15.1. The minimum absolute atomic E-state index is 0.285. The summed E-state index contributed by atoms with van der Waals surface area (Å²) in [5.74, 6) is -2.84. The van der Waals surface area contributed by atoms with Crippen LogP contribution >= 0.6 is 0 Å². The Hall–Kier alpha value is -3.18. The van der Waals surface area contributed by atoms with Gasteiger partial charge in [-0.15, -0.1) is 0 Å². The number of carbonyl (C=O) groups is 6. The van der Waals surface area contributed by atoms with E-state index < -0.39 is 59.7 Å². The van der Waals surface area contributed by atoms with Crippen LogP contribution in [0.15, 0.2) is 0 Å². The van der Waals surface area contributed by atoms with Gasteiger partial charge in [-0.25, -0.2) is 0 Å². The number of amides is 6. The molecule has 34 heavy (non-hydrogen) atoms. The van der Waals surface area contributed by atoms with Crippen molar-refractivity contribution in [3.05, 3.63) is 0 Å². The maximum atomic E-state index is 13.0. The predicted octanol–water partition coefficient (Wildman–Crippen LogP) is -1.27. The highest BCUT2D eigenvalue weighted by Crippen LogP contribution is 2.12. The van der Waals surface area contributed by atoms with E-state index in [9.17, 15) is 28.8 Å². The molecule has 0 aliphatic heterocycles. The molecule has 0 aliphatic carbocycles. The molecule has 5 atom stereocenters. The van der Waals surface area contributed by atoms with Crippen molar-refractivity contribution in [3.63, 3.8) is 0 Å². The van der Waals surface area contributed by atoms with Crippen molar-refractivity contribution < 1.29 is 28.8 Å². The van der Waals surface area contributed by atoms with Gasteiger partial charge in [0, 0.05) is 42.2 Å². The maximum absolute atomic E-state index is 13.0. The highest BCUT2D eigenvalue weighted by Gasteiger charge is 2.36. The molecule has 12 heteroatoms. The van der Waals surface area contributed by atoms with Crippen LogP contribution in [0.2, 0.25) is 0 Å². The van der Waals surface area contributed by atoms with Gasteiger partial charge in [0.1, 0.15) is 30.2 Å². The van der Waals surface area contributed by atoms with Crippen LogP contribution in [0.3, 0.4) is 0 Å². The van der Waals surface area contributed by atoms with Gasteiger partial charge >= 0.3 is 0 Å². The average molecular weight is 485 g/mol. The van der Waals surface area contributed by atoms with E-state index in [4.69, 9.17) is 5.73 Å². The van der Waals surface area contributed by atoms with Crippen LogP contribution in [0, 0.1) is 0 Å². The van der Waals surface area contributed by atoms with E-state index in [1.54, 1.807) is 6.92 Å². The monoisotopic (exact) mass is 484 g/mol. The van der Waals surface area contributed by atoms with Gasteiger partial charge in [-0.3, -0.25) is 28.8 Å². The summed E-state index contributed by atoms with van der Waals surface area (Å²) >= 11 is 0. The van der Waals surface area contributed by atoms with Crippen LogP contribution in [-0.2, 0) is 28.8 Å². The summed E-state index contributed by atoms with van der Waals surface area (Å²) in [7, 11) is 7.24. The van der Waals surface area contributed by atoms with Crippen molar-refractivity contribution in [1.29, 1.82) is 0 Å². The molecule has 0 unspecified atom stereocenters. The minimum Gasteiger partial charge on any atom is -0.368 e. The van der Waals surface area contributed by atoms with Gasteiger partial charge in [0.25, 0.3) is 0 Å². The van der Waals surface area contributed by atoms with Crippen LogP contribution in [0.1, 0.15) is 41.5 Å². The molecule has 194 valence electrons. The number of hydrogen-bond donors (Lipinski definition) is 1. The SMILES string of the molecule is CC(=O)N(C)[C@@H](C)C(=O)N(C)[C@@H](C)C(=O)N(C)[C@@H](C)C(=O)N(C)[C@@H](C)C(=O)N(C)[C@@H](C)C(N)=O. The zero-order valence-electron chi connectivity index (χ0n) is 22.1. The van der Waals surface area contributed by atoms with E-state index >= 15 is 0 Å². The zero-order valence-corrected chi connectivity index (χ0v) is 22.1. The van der Waals surface area contributed by atoms with Crippen LogP contribution in [0.25, 0.3) is 0 Å². The van der Waals surface area contributed by atoms with Gasteiger partial charge in [-0.05, 0) is 34.6 Å². The Morgan fingerprint density at radius 1 is 0.471 bits per heavy atom. The number of primary amides is 1. The summed E-state index contributed by atoms with van der Waals surface area (Å²) in [4.78, 5) is 80.4. The fourth-order valence-corrected chi connectivity index (χ4v) is 3.07. The molecule has 2 N–H and O–H groups in total. The molecule has 0 aromatic heterocycles. The zero-order chi connectivity index (χ0) is 27.2. The minimum atomic E-state index is -0.935. The Labute approximate surface area is 202 Å². The summed E-state index contributed by atoms with van der Waals surface area (Å²) in [6, 6.07) is -4.36. The Morgan fingerprint density at radius 2 is 0.676 bits per heavy atom. The van der Waals surface area contributed by atoms with E-state index in [1.807, 2.05) is 0 Å². The van der Waals surface area contributed by atoms with Crippen molar-refractivity contribution in [3.8, 4) is 0 Å². The molecule has 6 amide bonds. The third-order valence-electron chi connectivity index (χ3n) is 6.63. The second-order valence-corrected chi connectivity index (χ2v) is 8.71. The molecule has 0 aromatic carbocycles. The molecule has 0 bridgehead atoms. The number of nitrogens with zero attached hydrogens (tertiary/aromatic N) is 5.